The Kier molecular flexibility index (Phi) is 7.24. The molecule has 3 atom stereocenters. The average molecular weight is 320 g/mol. The first-order chi connectivity index (χ1) is 11.1. The van der Waals surface area contributed by atoms with Crippen LogP contribution in [-0.2, 0) is 22.5 Å². The van der Waals surface area contributed by atoms with E-state index in [0.29, 0.717) is 19.8 Å². The molecule has 1 aromatic rings. The molecule has 4 heteroatoms. The zero-order chi connectivity index (χ0) is 16.7. The van der Waals surface area contributed by atoms with E-state index in [4.69, 9.17) is 9.47 Å². The molecule has 0 spiro atoms. The van der Waals surface area contributed by atoms with E-state index < -0.39 is 6.10 Å². The van der Waals surface area contributed by atoms with E-state index in [2.05, 4.69) is 32.6 Å². The number of benzene rings is 1. The van der Waals surface area contributed by atoms with Crippen LogP contribution in [0, 0.1) is 0 Å². The Morgan fingerprint density at radius 2 is 1.96 bits per heavy atom. The molecule has 0 aromatic heterocycles. The number of aliphatic hydroxyl groups excluding tert-OH is 1. The van der Waals surface area contributed by atoms with Crippen molar-refractivity contribution in [2.45, 2.75) is 45.2 Å². The third-order valence-corrected chi connectivity index (χ3v) is 4.19. The molecular weight excluding hydrogens is 290 g/mol. The van der Waals surface area contributed by atoms with Crippen LogP contribution >= 0.6 is 0 Å². The molecule has 0 amide bonds. The minimum Gasteiger partial charge on any atom is -0.385 e. The van der Waals surface area contributed by atoms with E-state index >= 15 is 0 Å². The fraction of sp³-hybridized carbons (Fsp3) is 0.579. The van der Waals surface area contributed by atoms with Gasteiger partial charge in [0.05, 0.1) is 13.2 Å². The van der Waals surface area contributed by atoms with Gasteiger partial charge < -0.3 is 19.5 Å². The second kappa shape index (κ2) is 9.18. The number of quaternary nitrogens is 1. The molecule has 4 nitrogen and oxygen atoms in total. The molecule has 1 aromatic carbocycles. The lowest BCUT2D eigenvalue weighted by Gasteiger charge is -2.33. The Hall–Kier alpha value is -1.20. The van der Waals surface area contributed by atoms with E-state index in [1.807, 2.05) is 18.2 Å². The lowest BCUT2D eigenvalue weighted by atomic mass is 10.1. The van der Waals surface area contributed by atoms with Crippen molar-refractivity contribution in [2.24, 2.45) is 0 Å². The molecule has 0 unspecified atom stereocenters. The van der Waals surface area contributed by atoms with Gasteiger partial charge in [0.2, 0.25) is 0 Å². The van der Waals surface area contributed by atoms with Crippen LogP contribution in [0.15, 0.2) is 36.9 Å². The maximum Gasteiger partial charge on any atom is 0.126 e. The number of morpholine rings is 1. The van der Waals surface area contributed by atoms with Gasteiger partial charge in [0, 0.05) is 0 Å². The van der Waals surface area contributed by atoms with Crippen molar-refractivity contribution in [3.63, 3.8) is 0 Å². The molecule has 0 saturated carbocycles. The van der Waals surface area contributed by atoms with Crippen molar-refractivity contribution >= 4 is 0 Å². The second-order valence-electron chi connectivity index (χ2n) is 6.55. The van der Waals surface area contributed by atoms with Gasteiger partial charge in [0.25, 0.3) is 0 Å². The van der Waals surface area contributed by atoms with E-state index in [1.165, 1.54) is 16.0 Å². The molecule has 1 aliphatic heterocycles. The second-order valence-corrected chi connectivity index (χ2v) is 6.55. The van der Waals surface area contributed by atoms with Gasteiger partial charge in [-0.2, -0.15) is 0 Å². The van der Waals surface area contributed by atoms with Crippen molar-refractivity contribution in [3.05, 3.63) is 48.0 Å². The van der Waals surface area contributed by atoms with Gasteiger partial charge in [-0.3, -0.25) is 0 Å². The van der Waals surface area contributed by atoms with Crippen LogP contribution in [0.5, 0.6) is 0 Å². The summed E-state index contributed by atoms with van der Waals surface area (Å²) in [7, 11) is 0. The van der Waals surface area contributed by atoms with Crippen LogP contribution in [-0.4, -0.2) is 49.7 Å². The average Bonchev–Trinajstić information content (AvgIpc) is 2.48. The lowest BCUT2D eigenvalue weighted by molar-refractivity contribution is -0.918. The summed E-state index contributed by atoms with van der Waals surface area (Å²) in [6, 6.07) is 8.21. The minimum atomic E-state index is -0.436. The van der Waals surface area contributed by atoms with Crippen molar-refractivity contribution in [3.8, 4) is 0 Å². The normalized spacial score (nSPS) is 26.0. The number of nitrogens with one attached hydrogen (secondary N) is 1. The molecule has 1 heterocycles. The van der Waals surface area contributed by atoms with E-state index in [-0.39, 0.29) is 12.2 Å². The standard InChI is InChI=1S/C19H29NO3/c1-4-7-17-8-5-6-9-18(17)13-22-14-19(21)12-20-10-15(2)23-16(3)11-20/h4-6,8-9,15-16,19,21H,1,7,10-14H2,2-3H3/p+1/t15-,16-,19+/m1/s1. The molecule has 1 aliphatic rings. The maximum atomic E-state index is 10.2. The van der Waals surface area contributed by atoms with Gasteiger partial charge in [-0.05, 0) is 31.4 Å². The highest BCUT2D eigenvalue weighted by Crippen LogP contribution is 2.11. The topological polar surface area (TPSA) is 43.1 Å². The van der Waals surface area contributed by atoms with E-state index in [9.17, 15) is 5.11 Å². The predicted molar refractivity (Wildman–Crippen MR) is 91.6 cm³/mol. The van der Waals surface area contributed by atoms with Crippen LogP contribution in [0.3, 0.4) is 0 Å². The molecule has 128 valence electrons. The fourth-order valence-electron chi connectivity index (χ4n) is 3.31. The summed E-state index contributed by atoms with van der Waals surface area (Å²) in [4.78, 5) is 1.39. The minimum absolute atomic E-state index is 0.257. The molecule has 2 rings (SSSR count). The van der Waals surface area contributed by atoms with Crippen molar-refractivity contribution in [1.82, 2.24) is 0 Å². The highest BCUT2D eigenvalue weighted by atomic mass is 16.5. The highest BCUT2D eigenvalue weighted by Gasteiger charge is 2.27. The number of rotatable bonds is 8. The summed E-state index contributed by atoms with van der Waals surface area (Å²) in [5.41, 5.74) is 2.40. The Balaban J connectivity index is 1.74. The molecule has 0 bridgehead atoms. The molecular formula is C19H30NO3+. The zero-order valence-electron chi connectivity index (χ0n) is 14.3. The molecule has 1 fully saturated rings. The quantitative estimate of drug-likeness (QED) is 0.702. The van der Waals surface area contributed by atoms with Gasteiger partial charge in [0.1, 0.15) is 37.9 Å². The van der Waals surface area contributed by atoms with Crippen molar-refractivity contribution in [1.29, 1.82) is 0 Å². The molecule has 2 N–H and O–H groups in total. The number of hydrogen-bond donors (Lipinski definition) is 2. The third-order valence-electron chi connectivity index (χ3n) is 4.19. The maximum absolute atomic E-state index is 10.2. The van der Waals surface area contributed by atoms with Gasteiger partial charge in [-0.15, -0.1) is 6.58 Å². The van der Waals surface area contributed by atoms with Gasteiger partial charge in [0.15, 0.2) is 0 Å². The van der Waals surface area contributed by atoms with Gasteiger partial charge in [-0.1, -0.05) is 30.3 Å². The first kappa shape index (κ1) is 18.1. The number of ether oxygens (including phenoxy) is 2. The van der Waals surface area contributed by atoms with Gasteiger partial charge >= 0.3 is 0 Å². The summed E-state index contributed by atoms with van der Waals surface area (Å²) < 4.78 is 11.5. The van der Waals surface area contributed by atoms with Crippen LogP contribution in [0.2, 0.25) is 0 Å². The van der Waals surface area contributed by atoms with Crippen molar-refractivity contribution in [2.75, 3.05) is 26.2 Å². The monoisotopic (exact) mass is 320 g/mol. The van der Waals surface area contributed by atoms with E-state index in [1.54, 1.807) is 0 Å². The Bertz CT molecular complexity index is 481. The fourth-order valence-corrected chi connectivity index (χ4v) is 3.31. The molecule has 1 saturated heterocycles. The van der Waals surface area contributed by atoms with Crippen LogP contribution in [0.25, 0.3) is 0 Å². The van der Waals surface area contributed by atoms with Crippen LogP contribution < -0.4 is 4.90 Å². The molecule has 23 heavy (non-hydrogen) atoms. The first-order valence-electron chi connectivity index (χ1n) is 8.51. The van der Waals surface area contributed by atoms with Crippen LogP contribution in [0.1, 0.15) is 25.0 Å². The Morgan fingerprint density at radius 1 is 1.30 bits per heavy atom. The van der Waals surface area contributed by atoms with Crippen LogP contribution in [0.4, 0.5) is 0 Å². The number of aliphatic hydroxyl groups is 1. The van der Waals surface area contributed by atoms with Crippen molar-refractivity contribution < 1.29 is 19.5 Å². The zero-order valence-corrected chi connectivity index (χ0v) is 14.3. The summed E-state index contributed by atoms with van der Waals surface area (Å²) in [6.45, 7) is 11.5. The third kappa shape index (κ3) is 6.07. The lowest BCUT2D eigenvalue weighted by Crippen LogP contribution is -3.16. The molecule has 0 radical (unpaired) electrons. The van der Waals surface area contributed by atoms with E-state index in [0.717, 1.165) is 19.5 Å². The Labute approximate surface area is 139 Å². The largest absolute Gasteiger partial charge is 0.385 e. The predicted octanol–water partition coefficient (Wildman–Crippen LogP) is 0.985. The summed E-state index contributed by atoms with van der Waals surface area (Å²) in [5, 5.41) is 10.2. The smallest absolute Gasteiger partial charge is 0.126 e. The summed E-state index contributed by atoms with van der Waals surface area (Å²) in [5.74, 6) is 0. The SMILES string of the molecule is C=CCc1ccccc1COC[C@@H](O)C[NH+]1C[C@@H](C)O[C@H](C)C1. The first-order valence-corrected chi connectivity index (χ1v) is 8.51. The molecule has 0 aliphatic carbocycles. The Morgan fingerprint density at radius 3 is 2.61 bits per heavy atom. The summed E-state index contributed by atoms with van der Waals surface area (Å²) >= 11 is 0. The summed E-state index contributed by atoms with van der Waals surface area (Å²) in [6.07, 6.45) is 2.82. The number of hydrogen-bond acceptors (Lipinski definition) is 3. The number of allylic oxidation sites excluding steroid dienone is 1. The highest BCUT2D eigenvalue weighted by molar-refractivity contribution is 5.28. The van der Waals surface area contributed by atoms with Gasteiger partial charge in [-0.25, -0.2) is 0 Å².